The predicted molar refractivity (Wildman–Crippen MR) is 128 cm³/mol. The van der Waals surface area contributed by atoms with Crippen LogP contribution in [0.2, 0.25) is 5.02 Å². The van der Waals surface area contributed by atoms with Crippen molar-refractivity contribution in [3.8, 4) is 0 Å². The fourth-order valence-corrected chi connectivity index (χ4v) is 5.59. The Morgan fingerprint density at radius 2 is 1.85 bits per heavy atom. The second kappa shape index (κ2) is 9.44. The van der Waals surface area contributed by atoms with Gasteiger partial charge in [-0.05, 0) is 67.6 Å². The molecule has 1 atom stereocenters. The maximum atomic E-state index is 13.1. The molecule has 33 heavy (non-hydrogen) atoms. The number of fused-ring (bicyclic) bond motifs is 1. The van der Waals surface area contributed by atoms with Gasteiger partial charge in [0.25, 0.3) is 0 Å². The van der Waals surface area contributed by atoms with Crippen molar-refractivity contribution in [2.24, 2.45) is 5.92 Å². The predicted octanol–water partition coefficient (Wildman–Crippen LogP) is 3.35. The van der Waals surface area contributed by atoms with Crippen LogP contribution in [0.1, 0.15) is 37.3 Å². The van der Waals surface area contributed by atoms with Gasteiger partial charge in [-0.3, -0.25) is 9.59 Å². The van der Waals surface area contributed by atoms with Crippen molar-refractivity contribution in [1.29, 1.82) is 0 Å². The minimum absolute atomic E-state index is 0.00225. The van der Waals surface area contributed by atoms with Gasteiger partial charge < -0.3 is 10.2 Å². The van der Waals surface area contributed by atoms with Gasteiger partial charge in [-0.15, -0.1) is 0 Å². The molecule has 2 aromatic rings. The number of hydrogen-bond donors (Lipinski definition) is 1. The number of likely N-dealkylation sites (N-methyl/N-ethyl adjacent to an activating group) is 1. The molecule has 176 valence electrons. The lowest BCUT2D eigenvalue weighted by atomic mass is 9.84. The Kier molecular flexibility index (Phi) is 6.79. The third kappa shape index (κ3) is 4.93. The molecule has 2 aromatic carbocycles. The molecule has 1 aliphatic heterocycles. The molecule has 0 bridgehead atoms. The number of anilines is 1. The summed E-state index contributed by atoms with van der Waals surface area (Å²) in [4.78, 5) is 27.1. The van der Waals surface area contributed by atoms with Gasteiger partial charge >= 0.3 is 0 Å². The molecule has 1 aliphatic carbocycles. The van der Waals surface area contributed by atoms with Gasteiger partial charge in [-0.2, -0.15) is 4.31 Å². The highest BCUT2D eigenvalue weighted by molar-refractivity contribution is 7.89. The quantitative estimate of drug-likeness (QED) is 0.646. The van der Waals surface area contributed by atoms with Crippen LogP contribution < -0.4 is 10.2 Å². The highest BCUT2D eigenvalue weighted by atomic mass is 35.5. The smallest absolute Gasteiger partial charge is 0.243 e. The van der Waals surface area contributed by atoms with Crippen LogP contribution in [0.3, 0.4) is 0 Å². The summed E-state index contributed by atoms with van der Waals surface area (Å²) < 4.78 is 27.2. The molecule has 0 unspecified atom stereocenters. The molecule has 0 aromatic heterocycles. The number of halogens is 1. The molecule has 1 fully saturated rings. The molecule has 2 amide bonds. The molecular formula is C24H28ClN3O4S. The second-order valence-electron chi connectivity index (χ2n) is 8.84. The van der Waals surface area contributed by atoms with Gasteiger partial charge in [0.05, 0.1) is 11.4 Å². The van der Waals surface area contributed by atoms with Crippen molar-refractivity contribution in [3.63, 3.8) is 0 Å². The lowest BCUT2D eigenvalue weighted by Gasteiger charge is -2.32. The highest BCUT2D eigenvalue weighted by Gasteiger charge is 2.37. The summed E-state index contributed by atoms with van der Waals surface area (Å²) in [5.74, 6) is -0.181. The van der Waals surface area contributed by atoms with E-state index in [1.807, 2.05) is 11.8 Å². The van der Waals surface area contributed by atoms with Crippen LogP contribution in [0.25, 0.3) is 0 Å². The SMILES string of the molecule is C[C@H]1Cc2cc(S(=O)(=O)N(C)CC(=O)NCc3ccc(Cl)cc3)ccc2N1C(=O)C1CCC1. The van der Waals surface area contributed by atoms with Gasteiger partial charge in [-0.1, -0.05) is 30.2 Å². The number of rotatable bonds is 7. The van der Waals surface area contributed by atoms with E-state index in [4.69, 9.17) is 11.6 Å². The van der Waals surface area contributed by atoms with E-state index in [9.17, 15) is 18.0 Å². The second-order valence-corrected chi connectivity index (χ2v) is 11.3. The summed E-state index contributed by atoms with van der Waals surface area (Å²) in [6, 6.07) is 11.9. The zero-order chi connectivity index (χ0) is 23.8. The Bertz CT molecular complexity index is 1160. The zero-order valence-corrected chi connectivity index (χ0v) is 20.3. The van der Waals surface area contributed by atoms with Crippen molar-refractivity contribution < 1.29 is 18.0 Å². The van der Waals surface area contributed by atoms with Gasteiger partial charge in [0.1, 0.15) is 0 Å². The lowest BCUT2D eigenvalue weighted by molar-refractivity contribution is -0.125. The maximum Gasteiger partial charge on any atom is 0.243 e. The van der Waals surface area contributed by atoms with Gasteiger partial charge in [0.2, 0.25) is 21.8 Å². The third-order valence-electron chi connectivity index (χ3n) is 6.44. The minimum atomic E-state index is -3.86. The summed E-state index contributed by atoms with van der Waals surface area (Å²) >= 11 is 5.86. The van der Waals surface area contributed by atoms with Crippen LogP contribution in [-0.2, 0) is 32.6 Å². The topological polar surface area (TPSA) is 86.8 Å². The fourth-order valence-electron chi connectivity index (χ4n) is 4.28. The summed E-state index contributed by atoms with van der Waals surface area (Å²) in [7, 11) is -2.47. The molecule has 4 rings (SSSR count). The molecule has 1 N–H and O–H groups in total. The number of amides is 2. The van der Waals surface area contributed by atoms with E-state index >= 15 is 0 Å². The van der Waals surface area contributed by atoms with Crippen LogP contribution >= 0.6 is 11.6 Å². The first kappa shape index (κ1) is 23.7. The van der Waals surface area contributed by atoms with E-state index in [1.54, 1.807) is 36.4 Å². The first-order valence-electron chi connectivity index (χ1n) is 11.1. The largest absolute Gasteiger partial charge is 0.351 e. The third-order valence-corrected chi connectivity index (χ3v) is 8.49. The number of benzene rings is 2. The molecule has 1 heterocycles. The molecule has 0 radical (unpaired) electrons. The number of carbonyl (C=O) groups is 2. The van der Waals surface area contributed by atoms with Crippen LogP contribution in [-0.4, -0.2) is 44.2 Å². The molecular weight excluding hydrogens is 462 g/mol. The number of hydrogen-bond acceptors (Lipinski definition) is 4. The van der Waals surface area contributed by atoms with E-state index < -0.39 is 15.9 Å². The van der Waals surface area contributed by atoms with Gasteiger partial charge in [0, 0.05) is 36.3 Å². The van der Waals surface area contributed by atoms with Crippen molar-refractivity contribution in [2.45, 2.75) is 50.1 Å². The van der Waals surface area contributed by atoms with E-state index in [-0.39, 0.29) is 35.9 Å². The van der Waals surface area contributed by atoms with Crippen LogP contribution in [0.4, 0.5) is 5.69 Å². The summed E-state index contributed by atoms with van der Waals surface area (Å²) in [6.45, 7) is 1.98. The minimum Gasteiger partial charge on any atom is -0.351 e. The molecule has 0 saturated heterocycles. The maximum absolute atomic E-state index is 13.1. The van der Waals surface area contributed by atoms with Gasteiger partial charge in [0.15, 0.2) is 0 Å². The van der Waals surface area contributed by atoms with Crippen molar-refractivity contribution in [2.75, 3.05) is 18.5 Å². The van der Waals surface area contributed by atoms with E-state index in [0.717, 1.165) is 40.4 Å². The van der Waals surface area contributed by atoms with Gasteiger partial charge in [-0.25, -0.2) is 8.42 Å². The normalized spacial score (nSPS) is 18.2. The summed E-state index contributed by atoms with van der Waals surface area (Å²) in [5.41, 5.74) is 2.51. The lowest BCUT2D eigenvalue weighted by Crippen LogP contribution is -2.42. The Morgan fingerprint density at radius 1 is 1.15 bits per heavy atom. The van der Waals surface area contributed by atoms with Crippen LogP contribution in [0, 0.1) is 5.92 Å². The first-order chi connectivity index (χ1) is 15.7. The van der Waals surface area contributed by atoms with Crippen molar-refractivity contribution in [1.82, 2.24) is 9.62 Å². The molecule has 9 heteroatoms. The molecule has 1 saturated carbocycles. The standard InChI is InChI=1S/C24H28ClN3O4S/c1-16-12-19-13-21(10-11-22(19)28(16)24(30)18-4-3-5-18)33(31,32)27(2)15-23(29)26-14-17-6-8-20(25)9-7-17/h6-11,13,16,18H,3-5,12,14-15H2,1-2H3,(H,26,29)/t16-/m0/s1. The van der Waals surface area contributed by atoms with E-state index in [1.165, 1.54) is 13.1 Å². The Balaban J connectivity index is 1.42. The van der Waals surface area contributed by atoms with E-state index in [2.05, 4.69) is 5.32 Å². The van der Waals surface area contributed by atoms with E-state index in [0.29, 0.717) is 11.4 Å². The Morgan fingerprint density at radius 3 is 2.48 bits per heavy atom. The van der Waals surface area contributed by atoms with Crippen molar-refractivity contribution >= 4 is 39.1 Å². The van der Waals surface area contributed by atoms with Crippen LogP contribution in [0.5, 0.6) is 0 Å². The number of carbonyl (C=O) groups excluding carboxylic acids is 2. The fraction of sp³-hybridized carbons (Fsp3) is 0.417. The van der Waals surface area contributed by atoms with Crippen LogP contribution in [0.15, 0.2) is 47.4 Å². The average Bonchev–Trinajstić information content (AvgIpc) is 3.06. The first-order valence-corrected chi connectivity index (χ1v) is 12.9. The number of nitrogens with zero attached hydrogens (tertiary/aromatic N) is 2. The molecule has 0 spiro atoms. The van der Waals surface area contributed by atoms with Crippen molar-refractivity contribution in [3.05, 3.63) is 58.6 Å². The summed E-state index contributed by atoms with van der Waals surface area (Å²) in [6.07, 6.45) is 3.55. The molecule has 2 aliphatic rings. The average molecular weight is 490 g/mol. The Labute approximate surface area is 199 Å². The number of sulfonamides is 1. The Hall–Kier alpha value is -2.42. The summed E-state index contributed by atoms with van der Waals surface area (Å²) in [5, 5.41) is 3.33. The monoisotopic (exact) mass is 489 g/mol. The molecule has 7 nitrogen and oxygen atoms in total. The number of nitrogens with one attached hydrogen (secondary N) is 1. The zero-order valence-electron chi connectivity index (χ0n) is 18.8. The highest BCUT2D eigenvalue weighted by Crippen LogP contribution is 2.38.